The fourth-order valence-corrected chi connectivity index (χ4v) is 2.12. The maximum Gasteiger partial charge on any atom is 0.220 e. The molecule has 0 aliphatic rings. The molecule has 1 aromatic rings. The Morgan fingerprint density at radius 2 is 1.57 bits per heavy atom. The minimum absolute atomic E-state index is 0.00564. The van der Waals surface area contributed by atoms with Crippen LogP contribution in [-0.2, 0) is 9.59 Å². The molecule has 0 aliphatic carbocycles. The molecule has 2 N–H and O–H groups in total. The number of amides is 2. The lowest BCUT2D eigenvalue weighted by molar-refractivity contribution is -0.121. The van der Waals surface area contributed by atoms with Crippen LogP contribution >= 0.6 is 0 Å². The van der Waals surface area contributed by atoms with E-state index in [-0.39, 0.29) is 30.4 Å². The van der Waals surface area contributed by atoms with Gasteiger partial charge in [-0.2, -0.15) is 0 Å². The van der Waals surface area contributed by atoms with E-state index in [0.717, 1.165) is 24.0 Å². The first kappa shape index (κ1) is 18.9. The molecule has 0 fully saturated rings. The van der Waals surface area contributed by atoms with Crippen LogP contribution in [0.3, 0.4) is 0 Å². The first-order valence-corrected chi connectivity index (χ1v) is 8.01. The Balaban J connectivity index is 2.21. The molecule has 23 heavy (non-hydrogen) atoms. The molecule has 0 unspecified atom stereocenters. The molecule has 0 saturated heterocycles. The predicted molar refractivity (Wildman–Crippen MR) is 90.4 cm³/mol. The third kappa shape index (κ3) is 7.58. The van der Waals surface area contributed by atoms with Crippen LogP contribution in [-0.4, -0.2) is 30.7 Å². The normalized spacial score (nSPS) is 10.2. The second kappa shape index (κ2) is 9.77. The third-order valence-corrected chi connectivity index (χ3v) is 3.71. The number of benzene rings is 1. The van der Waals surface area contributed by atoms with Gasteiger partial charge < -0.3 is 10.6 Å². The number of unbranched alkanes of at least 4 members (excludes halogenated alkanes) is 1. The van der Waals surface area contributed by atoms with Gasteiger partial charge in [0.1, 0.15) is 0 Å². The molecule has 0 spiro atoms. The van der Waals surface area contributed by atoms with Crippen molar-refractivity contribution in [1.82, 2.24) is 10.6 Å². The summed E-state index contributed by atoms with van der Waals surface area (Å²) in [6, 6.07) is 5.61. The minimum Gasteiger partial charge on any atom is -0.356 e. The van der Waals surface area contributed by atoms with Crippen LogP contribution < -0.4 is 10.6 Å². The van der Waals surface area contributed by atoms with E-state index in [4.69, 9.17) is 0 Å². The number of carbonyl (C=O) groups is 3. The topological polar surface area (TPSA) is 75.3 Å². The number of ketones is 1. The molecule has 0 heterocycles. The summed E-state index contributed by atoms with van der Waals surface area (Å²) in [4.78, 5) is 34.5. The fourth-order valence-electron chi connectivity index (χ4n) is 2.12. The zero-order valence-electron chi connectivity index (χ0n) is 14.2. The van der Waals surface area contributed by atoms with E-state index in [1.54, 1.807) is 0 Å². The number of nitrogens with one attached hydrogen (secondary N) is 2. The van der Waals surface area contributed by atoms with E-state index >= 15 is 0 Å². The standard InChI is InChI=1S/C18H26N2O3/c1-13-6-7-16(12-14(13)2)17(22)8-9-18(23)20-11-5-4-10-19-15(3)21/h6-7,12H,4-5,8-11H2,1-3H3,(H,19,21)(H,20,23). The van der Waals surface area contributed by atoms with Crippen molar-refractivity contribution >= 4 is 17.6 Å². The lowest BCUT2D eigenvalue weighted by Gasteiger charge is -2.06. The van der Waals surface area contributed by atoms with Crippen molar-refractivity contribution in [3.8, 4) is 0 Å². The number of Topliss-reactive ketones (excluding diaryl/α,β-unsaturated/α-hetero) is 1. The van der Waals surface area contributed by atoms with Gasteiger partial charge in [0, 0.05) is 38.4 Å². The van der Waals surface area contributed by atoms with Gasteiger partial charge in [-0.3, -0.25) is 14.4 Å². The van der Waals surface area contributed by atoms with Crippen LogP contribution in [0.15, 0.2) is 18.2 Å². The smallest absolute Gasteiger partial charge is 0.220 e. The molecule has 2 amide bonds. The van der Waals surface area contributed by atoms with E-state index < -0.39 is 0 Å². The molecule has 0 bridgehead atoms. The summed E-state index contributed by atoms with van der Waals surface area (Å²) in [5.74, 6) is -0.158. The summed E-state index contributed by atoms with van der Waals surface area (Å²) in [7, 11) is 0. The molecule has 5 nitrogen and oxygen atoms in total. The average molecular weight is 318 g/mol. The van der Waals surface area contributed by atoms with Crippen LogP contribution in [0.1, 0.15) is 54.1 Å². The van der Waals surface area contributed by atoms with E-state index in [9.17, 15) is 14.4 Å². The zero-order chi connectivity index (χ0) is 17.2. The lowest BCUT2D eigenvalue weighted by atomic mass is 10.0. The van der Waals surface area contributed by atoms with Gasteiger partial charge in [-0.1, -0.05) is 12.1 Å². The number of rotatable bonds is 9. The van der Waals surface area contributed by atoms with Crippen molar-refractivity contribution in [1.29, 1.82) is 0 Å². The van der Waals surface area contributed by atoms with Crippen molar-refractivity contribution < 1.29 is 14.4 Å². The van der Waals surface area contributed by atoms with Gasteiger partial charge in [-0.05, 0) is 43.9 Å². The molecule has 5 heteroatoms. The molecule has 1 rings (SSSR count). The first-order valence-electron chi connectivity index (χ1n) is 8.01. The predicted octanol–water partition coefficient (Wildman–Crippen LogP) is 2.30. The van der Waals surface area contributed by atoms with Crippen LogP contribution in [0.4, 0.5) is 0 Å². The average Bonchev–Trinajstić information content (AvgIpc) is 2.50. The van der Waals surface area contributed by atoms with Gasteiger partial charge in [0.25, 0.3) is 0 Å². The summed E-state index contributed by atoms with van der Waals surface area (Å²) in [5.41, 5.74) is 2.90. The second-order valence-electron chi connectivity index (χ2n) is 5.76. The lowest BCUT2D eigenvalue weighted by Crippen LogP contribution is -2.26. The van der Waals surface area contributed by atoms with Crippen LogP contribution in [0.5, 0.6) is 0 Å². The number of hydrogen-bond donors (Lipinski definition) is 2. The molecule has 0 saturated carbocycles. The van der Waals surface area contributed by atoms with E-state index in [1.165, 1.54) is 6.92 Å². The van der Waals surface area contributed by atoms with Crippen molar-refractivity contribution in [2.45, 2.75) is 46.5 Å². The van der Waals surface area contributed by atoms with Gasteiger partial charge in [0.2, 0.25) is 11.8 Å². The Kier molecular flexibility index (Phi) is 8.02. The highest BCUT2D eigenvalue weighted by molar-refractivity contribution is 5.98. The van der Waals surface area contributed by atoms with Crippen molar-refractivity contribution in [2.24, 2.45) is 0 Å². The summed E-state index contributed by atoms with van der Waals surface area (Å²) in [6.07, 6.45) is 2.05. The van der Waals surface area contributed by atoms with Crippen molar-refractivity contribution in [3.05, 3.63) is 34.9 Å². The van der Waals surface area contributed by atoms with Crippen molar-refractivity contribution in [3.63, 3.8) is 0 Å². The monoisotopic (exact) mass is 318 g/mol. The maximum atomic E-state index is 12.1. The molecular weight excluding hydrogens is 292 g/mol. The summed E-state index contributed by atoms with van der Waals surface area (Å²) in [5, 5.41) is 5.50. The van der Waals surface area contributed by atoms with E-state index in [0.29, 0.717) is 18.7 Å². The van der Waals surface area contributed by atoms with E-state index in [2.05, 4.69) is 10.6 Å². The highest BCUT2D eigenvalue weighted by Gasteiger charge is 2.09. The highest BCUT2D eigenvalue weighted by Crippen LogP contribution is 2.12. The van der Waals surface area contributed by atoms with Gasteiger partial charge in [-0.15, -0.1) is 0 Å². The van der Waals surface area contributed by atoms with Gasteiger partial charge >= 0.3 is 0 Å². The summed E-state index contributed by atoms with van der Waals surface area (Å²) in [6.45, 7) is 6.64. The second-order valence-corrected chi connectivity index (χ2v) is 5.76. The summed E-state index contributed by atoms with van der Waals surface area (Å²) < 4.78 is 0. The first-order chi connectivity index (χ1) is 10.9. The van der Waals surface area contributed by atoms with Gasteiger partial charge in [-0.25, -0.2) is 0 Å². The third-order valence-electron chi connectivity index (χ3n) is 3.71. The minimum atomic E-state index is -0.110. The zero-order valence-corrected chi connectivity index (χ0v) is 14.2. The Morgan fingerprint density at radius 3 is 2.17 bits per heavy atom. The Labute approximate surface area is 137 Å². The molecule has 126 valence electrons. The largest absolute Gasteiger partial charge is 0.356 e. The van der Waals surface area contributed by atoms with Gasteiger partial charge in [0.05, 0.1) is 0 Å². The number of carbonyl (C=O) groups excluding carboxylic acids is 3. The molecule has 0 aromatic heterocycles. The number of aryl methyl sites for hydroxylation is 2. The molecule has 0 radical (unpaired) electrons. The van der Waals surface area contributed by atoms with Crippen molar-refractivity contribution in [2.75, 3.05) is 13.1 Å². The molecule has 1 aromatic carbocycles. The van der Waals surface area contributed by atoms with Crippen LogP contribution in [0, 0.1) is 13.8 Å². The maximum absolute atomic E-state index is 12.1. The highest BCUT2D eigenvalue weighted by atomic mass is 16.2. The van der Waals surface area contributed by atoms with E-state index in [1.807, 2.05) is 32.0 Å². The van der Waals surface area contributed by atoms with Gasteiger partial charge in [0.15, 0.2) is 5.78 Å². The van der Waals surface area contributed by atoms with Crippen LogP contribution in [0.2, 0.25) is 0 Å². The Morgan fingerprint density at radius 1 is 0.913 bits per heavy atom. The number of hydrogen-bond acceptors (Lipinski definition) is 3. The Hall–Kier alpha value is -2.17. The van der Waals surface area contributed by atoms with Crippen LogP contribution in [0.25, 0.3) is 0 Å². The molecule has 0 atom stereocenters. The fraction of sp³-hybridized carbons (Fsp3) is 0.500. The summed E-state index contributed by atoms with van der Waals surface area (Å²) >= 11 is 0. The quantitative estimate of drug-likeness (QED) is 0.542. The Bertz CT molecular complexity index is 567. The molecular formula is C18H26N2O3. The molecule has 0 aliphatic heterocycles. The SMILES string of the molecule is CC(=O)NCCCCNC(=O)CCC(=O)c1ccc(C)c(C)c1.